The Bertz CT molecular complexity index is 818. The molecule has 0 saturated heterocycles. The van der Waals surface area contributed by atoms with Gasteiger partial charge in [0.15, 0.2) is 11.5 Å². The maximum Gasteiger partial charge on any atom is 0.161 e. The molecule has 0 spiro atoms. The highest BCUT2D eigenvalue weighted by Gasteiger charge is 2.30. The Morgan fingerprint density at radius 3 is 2.38 bits per heavy atom. The van der Waals surface area contributed by atoms with Crippen molar-refractivity contribution in [2.45, 2.75) is 44.7 Å². The maximum atomic E-state index is 5.95. The number of hydrogen-bond donors (Lipinski definition) is 1. The fourth-order valence-electron chi connectivity index (χ4n) is 3.93. The summed E-state index contributed by atoms with van der Waals surface area (Å²) in [6.45, 7) is 3.72. The number of nitrogens with two attached hydrogens (primary N) is 1. The van der Waals surface area contributed by atoms with E-state index in [1.807, 2.05) is 6.92 Å². The summed E-state index contributed by atoms with van der Waals surface area (Å²) in [7, 11) is 3.35. The zero-order valence-corrected chi connectivity index (χ0v) is 15.7. The molecule has 6 heteroatoms. The standard InChI is InChI=1S/C20H26N4O2/c1-12-22-17(14-6-16(21)7-14)10-20(23-12)24-5-4-13-8-18(25-2)19(26-3)9-15(13)11-24/h8-10,14,16H,4-7,11,21H2,1-3H3. The van der Waals surface area contributed by atoms with Crippen LogP contribution in [0.4, 0.5) is 5.82 Å². The van der Waals surface area contributed by atoms with Crippen LogP contribution in [0.5, 0.6) is 11.5 Å². The van der Waals surface area contributed by atoms with Gasteiger partial charge in [-0.25, -0.2) is 9.97 Å². The van der Waals surface area contributed by atoms with Crippen LogP contribution >= 0.6 is 0 Å². The number of aryl methyl sites for hydroxylation is 1. The average molecular weight is 354 g/mol. The van der Waals surface area contributed by atoms with Crippen molar-refractivity contribution in [2.24, 2.45) is 5.73 Å². The molecule has 26 heavy (non-hydrogen) atoms. The van der Waals surface area contributed by atoms with Gasteiger partial charge in [0.05, 0.1) is 14.2 Å². The largest absolute Gasteiger partial charge is 0.493 e. The van der Waals surface area contributed by atoms with Crippen molar-refractivity contribution in [3.8, 4) is 11.5 Å². The van der Waals surface area contributed by atoms with E-state index in [0.717, 1.165) is 61.2 Å². The van der Waals surface area contributed by atoms with Gasteiger partial charge in [-0.15, -0.1) is 0 Å². The molecule has 1 fully saturated rings. The van der Waals surface area contributed by atoms with E-state index in [2.05, 4.69) is 28.1 Å². The lowest BCUT2D eigenvalue weighted by atomic mass is 9.78. The van der Waals surface area contributed by atoms with E-state index in [1.54, 1.807) is 14.2 Å². The predicted molar refractivity (Wildman–Crippen MR) is 101 cm³/mol. The Labute approximate surface area is 154 Å². The quantitative estimate of drug-likeness (QED) is 0.910. The molecule has 1 aliphatic carbocycles. The van der Waals surface area contributed by atoms with Crippen LogP contribution < -0.4 is 20.1 Å². The molecule has 0 bridgehead atoms. The molecule has 0 atom stereocenters. The third-order valence-electron chi connectivity index (χ3n) is 5.48. The van der Waals surface area contributed by atoms with E-state index < -0.39 is 0 Å². The van der Waals surface area contributed by atoms with Crippen molar-refractivity contribution in [3.63, 3.8) is 0 Å². The smallest absolute Gasteiger partial charge is 0.161 e. The van der Waals surface area contributed by atoms with E-state index in [1.165, 1.54) is 11.1 Å². The van der Waals surface area contributed by atoms with E-state index >= 15 is 0 Å². The fourth-order valence-corrected chi connectivity index (χ4v) is 3.93. The van der Waals surface area contributed by atoms with E-state index in [0.29, 0.717) is 12.0 Å². The minimum atomic E-state index is 0.322. The predicted octanol–water partition coefficient (Wildman–Crippen LogP) is 2.57. The second kappa shape index (κ2) is 6.76. The van der Waals surface area contributed by atoms with Crippen LogP contribution in [0, 0.1) is 6.92 Å². The zero-order valence-electron chi connectivity index (χ0n) is 15.7. The Kier molecular flexibility index (Phi) is 4.44. The molecule has 1 saturated carbocycles. The number of ether oxygens (including phenoxy) is 2. The Morgan fingerprint density at radius 1 is 1.04 bits per heavy atom. The summed E-state index contributed by atoms with van der Waals surface area (Å²) in [5, 5.41) is 0. The van der Waals surface area contributed by atoms with Gasteiger partial charge in [0.25, 0.3) is 0 Å². The summed E-state index contributed by atoms with van der Waals surface area (Å²) < 4.78 is 10.9. The Hall–Kier alpha value is -2.34. The number of aromatic nitrogens is 2. The molecular weight excluding hydrogens is 328 g/mol. The van der Waals surface area contributed by atoms with Crippen LogP contribution in [0.3, 0.4) is 0 Å². The SMILES string of the molecule is COc1cc2c(cc1OC)CN(c1cc(C3CC(N)C3)nc(C)n1)CC2. The summed E-state index contributed by atoms with van der Waals surface area (Å²) >= 11 is 0. The van der Waals surface area contributed by atoms with E-state index in [-0.39, 0.29) is 0 Å². The first-order chi connectivity index (χ1) is 12.6. The molecule has 6 nitrogen and oxygen atoms in total. The second-order valence-electron chi connectivity index (χ2n) is 7.27. The normalized spacial score (nSPS) is 21.8. The van der Waals surface area contributed by atoms with Crippen molar-refractivity contribution < 1.29 is 9.47 Å². The topological polar surface area (TPSA) is 73.5 Å². The highest BCUT2D eigenvalue weighted by atomic mass is 16.5. The molecule has 138 valence electrons. The third-order valence-corrected chi connectivity index (χ3v) is 5.48. The fraction of sp³-hybridized carbons (Fsp3) is 0.500. The van der Waals surface area contributed by atoms with Crippen molar-refractivity contribution in [1.29, 1.82) is 0 Å². The van der Waals surface area contributed by atoms with Crippen LogP contribution in [0.2, 0.25) is 0 Å². The average Bonchev–Trinajstić information content (AvgIpc) is 2.63. The molecule has 2 heterocycles. The number of benzene rings is 1. The molecule has 4 rings (SSSR count). The lowest BCUT2D eigenvalue weighted by Crippen LogP contribution is -2.36. The minimum absolute atomic E-state index is 0.322. The molecule has 2 N–H and O–H groups in total. The number of nitrogens with zero attached hydrogens (tertiary/aromatic N) is 3. The molecular formula is C20H26N4O2. The minimum Gasteiger partial charge on any atom is -0.493 e. The number of anilines is 1. The first-order valence-electron chi connectivity index (χ1n) is 9.17. The summed E-state index contributed by atoms with van der Waals surface area (Å²) in [5.41, 5.74) is 9.66. The lowest BCUT2D eigenvalue weighted by Gasteiger charge is -2.34. The Balaban J connectivity index is 1.60. The molecule has 1 aromatic heterocycles. The molecule has 0 amide bonds. The summed E-state index contributed by atoms with van der Waals surface area (Å²) in [6.07, 6.45) is 3.01. The van der Waals surface area contributed by atoms with Crippen LogP contribution in [-0.4, -0.2) is 36.8 Å². The monoisotopic (exact) mass is 354 g/mol. The van der Waals surface area contributed by atoms with E-state index in [4.69, 9.17) is 20.2 Å². The van der Waals surface area contributed by atoms with Gasteiger partial charge in [0, 0.05) is 36.8 Å². The van der Waals surface area contributed by atoms with Crippen LogP contribution in [0.1, 0.15) is 41.4 Å². The summed E-state index contributed by atoms with van der Waals surface area (Å²) in [6, 6.07) is 6.65. The van der Waals surface area contributed by atoms with Gasteiger partial charge in [-0.05, 0) is 49.4 Å². The maximum absolute atomic E-state index is 5.95. The molecule has 1 aliphatic heterocycles. The van der Waals surface area contributed by atoms with Gasteiger partial charge in [0.2, 0.25) is 0 Å². The number of rotatable bonds is 4. The van der Waals surface area contributed by atoms with Crippen LogP contribution in [0.25, 0.3) is 0 Å². The van der Waals surface area contributed by atoms with E-state index in [9.17, 15) is 0 Å². The zero-order chi connectivity index (χ0) is 18.3. The molecule has 0 unspecified atom stereocenters. The van der Waals surface area contributed by atoms with Gasteiger partial charge < -0.3 is 20.1 Å². The molecule has 1 aromatic carbocycles. The Morgan fingerprint density at radius 2 is 1.73 bits per heavy atom. The third kappa shape index (κ3) is 3.09. The second-order valence-corrected chi connectivity index (χ2v) is 7.27. The van der Waals surface area contributed by atoms with Gasteiger partial charge in [-0.1, -0.05) is 0 Å². The molecule has 2 aliphatic rings. The number of fused-ring (bicyclic) bond motifs is 1. The molecule has 2 aromatic rings. The number of methoxy groups -OCH3 is 2. The highest BCUT2D eigenvalue weighted by Crippen LogP contribution is 2.37. The summed E-state index contributed by atoms with van der Waals surface area (Å²) in [4.78, 5) is 11.7. The van der Waals surface area contributed by atoms with Crippen LogP contribution in [0.15, 0.2) is 18.2 Å². The van der Waals surface area contributed by atoms with Crippen molar-refractivity contribution in [2.75, 3.05) is 25.7 Å². The van der Waals surface area contributed by atoms with Gasteiger partial charge in [0.1, 0.15) is 11.6 Å². The van der Waals surface area contributed by atoms with Crippen LogP contribution in [-0.2, 0) is 13.0 Å². The van der Waals surface area contributed by atoms with Gasteiger partial charge in [-0.3, -0.25) is 0 Å². The lowest BCUT2D eigenvalue weighted by molar-refractivity contribution is 0.344. The van der Waals surface area contributed by atoms with Gasteiger partial charge in [-0.2, -0.15) is 0 Å². The molecule has 0 radical (unpaired) electrons. The van der Waals surface area contributed by atoms with Crippen molar-refractivity contribution >= 4 is 5.82 Å². The first kappa shape index (κ1) is 17.1. The van der Waals surface area contributed by atoms with Crippen molar-refractivity contribution in [1.82, 2.24) is 9.97 Å². The number of hydrogen-bond acceptors (Lipinski definition) is 6. The first-order valence-corrected chi connectivity index (χ1v) is 9.17. The van der Waals surface area contributed by atoms with Gasteiger partial charge >= 0.3 is 0 Å². The summed E-state index contributed by atoms with van der Waals surface area (Å²) in [5.74, 6) is 3.88. The highest BCUT2D eigenvalue weighted by molar-refractivity contribution is 5.52. The van der Waals surface area contributed by atoms with Crippen molar-refractivity contribution in [3.05, 3.63) is 40.8 Å².